The first-order valence-corrected chi connectivity index (χ1v) is 11.1. The minimum Gasteiger partial charge on any atom is -0.449 e. The van der Waals surface area contributed by atoms with Gasteiger partial charge >= 0.3 is 0 Å². The smallest absolute Gasteiger partial charge is 0.294 e. The van der Waals surface area contributed by atoms with Crippen molar-refractivity contribution in [3.63, 3.8) is 0 Å². The van der Waals surface area contributed by atoms with E-state index in [-0.39, 0.29) is 23.0 Å². The zero-order chi connectivity index (χ0) is 20.5. The molecule has 1 saturated heterocycles. The van der Waals surface area contributed by atoms with Gasteiger partial charge in [-0.1, -0.05) is 31.4 Å². The van der Waals surface area contributed by atoms with E-state index in [9.17, 15) is 9.59 Å². The van der Waals surface area contributed by atoms with Gasteiger partial charge in [0.2, 0.25) is 11.5 Å². The summed E-state index contributed by atoms with van der Waals surface area (Å²) in [5.74, 6) is 0.808. The van der Waals surface area contributed by atoms with Gasteiger partial charge in [-0.3, -0.25) is 14.5 Å². The molecule has 158 valence electrons. The van der Waals surface area contributed by atoms with Gasteiger partial charge in [-0.2, -0.15) is 0 Å². The summed E-state index contributed by atoms with van der Waals surface area (Å²) < 4.78 is 5.68. The summed E-state index contributed by atoms with van der Waals surface area (Å²) in [7, 11) is 0. The zero-order valence-electron chi connectivity index (χ0n) is 17.2. The second-order valence-corrected chi connectivity index (χ2v) is 8.71. The molecule has 30 heavy (non-hydrogen) atoms. The first-order valence-electron chi connectivity index (χ1n) is 11.1. The molecule has 2 aliphatic rings. The number of nitrogens with zero attached hydrogens (tertiary/aromatic N) is 2. The molecular weight excluding hydrogens is 380 g/mol. The van der Waals surface area contributed by atoms with Gasteiger partial charge in [-0.25, -0.2) is 4.98 Å². The first kappa shape index (κ1) is 19.3. The highest BCUT2D eigenvalue weighted by Gasteiger charge is 2.28. The lowest BCUT2D eigenvalue weighted by Crippen LogP contribution is -2.46. The molecule has 1 aliphatic carbocycles. The molecule has 1 unspecified atom stereocenters. The number of likely N-dealkylation sites (tertiary alicyclic amines) is 1. The molecule has 1 aliphatic heterocycles. The maximum Gasteiger partial charge on any atom is 0.294 e. The monoisotopic (exact) mass is 408 g/mol. The standard InChI is InChI=1S/C23H28N4O3/c28-22(24-16-8-2-1-3-9-16)15-7-6-12-27(13-15)14-19-25-20-17-10-4-5-11-18(17)30-21(20)23(29)26-19/h4-5,10-11,15-16H,1-3,6-9,12-14H2,(H,24,28)(H,25,26,29). The second-order valence-electron chi connectivity index (χ2n) is 8.71. The van der Waals surface area contributed by atoms with E-state index in [1.807, 2.05) is 24.3 Å². The minimum atomic E-state index is -0.255. The average Bonchev–Trinajstić information content (AvgIpc) is 3.14. The van der Waals surface area contributed by atoms with Crippen molar-refractivity contribution >= 4 is 28.0 Å². The van der Waals surface area contributed by atoms with Gasteiger partial charge in [0, 0.05) is 18.0 Å². The Bertz CT molecular complexity index is 1110. The van der Waals surface area contributed by atoms with Gasteiger partial charge in [0.25, 0.3) is 5.56 Å². The summed E-state index contributed by atoms with van der Waals surface area (Å²) >= 11 is 0. The van der Waals surface area contributed by atoms with Crippen molar-refractivity contribution in [2.75, 3.05) is 13.1 Å². The summed E-state index contributed by atoms with van der Waals surface area (Å²) in [5, 5.41) is 4.12. The van der Waals surface area contributed by atoms with Crippen molar-refractivity contribution in [3.05, 3.63) is 40.4 Å². The second kappa shape index (κ2) is 8.22. The molecular formula is C23H28N4O3. The van der Waals surface area contributed by atoms with Crippen LogP contribution in [0.1, 0.15) is 50.8 Å². The van der Waals surface area contributed by atoms with Crippen LogP contribution in [0.4, 0.5) is 0 Å². The molecule has 3 aromatic rings. The van der Waals surface area contributed by atoms with Crippen molar-refractivity contribution in [2.45, 2.75) is 57.5 Å². The van der Waals surface area contributed by atoms with Crippen LogP contribution in [0.25, 0.3) is 22.1 Å². The Morgan fingerprint density at radius 2 is 2.00 bits per heavy atom. The van der Waals surface area contributed by atoms with Crippen molar-refractivity contribution in [2.24, 2.45) is 5.92 Å². The fourth-order valence-corrected chi connectivity index (χ4v) is 4.91. The van der Waals surface area contributed by atoms with Crippen molar-refractivity contribution in [3.8, 4) is 0 Å². The molecule has 1 saturated carbocycles. The van der Waals surface area contributed by atoms with E-state index in [0.29, 0.717) is 36.1 Å². The fraction of sp³-hybridized carbons (Fsp3) is 0.522. The fourth-order valence-electron chi connectivity index (χ4n) is 4.91. The third-order valence-corrected chi connectivity index (χ3v) is 6.48. The maximum absolute atomic E-state index is 12.8. The molecule has 2 N–H and O–H groups in total. The number of H-pyrrole nitrogens is 1. The van der Waals surface area contributed by atoms with Gasteiger partial charge in [-0.15, -0.1) is 0 Å². The lowest BCUT2D eigenvalue weighted by atomic mass is 9.93. The molecule has 7 heteroatoms. The molecule has 1 aromatic carbocycles. The quantitative estimate of drug-likeness (QED) is 0.691. The van der Waals surface area contributed by atoms with Crippen molar-refractivity contribution in [1.82, 2.24) is 20.2 Å². The number of amides is 1. The molecule has 0 radical (unpaired) electrons. The molecule has 1 atom stereocenters. The number of hydrogen-bond acceptors (Lipinski definition) is 5. The number of rotatable bonds is 4. The molecule has 0 spiro atoms. The zero-order valence-corrected chi connectivity index (χ0v) is 17.2. The number of para-hydroxylation sites is 1. The highest BCUT2D eigenvalue weighted by molar-refractivity contribution is 6.01. The Morgan fingerprint density at radius 1 is 1.17 bits per heavy atom. The van der Waals surface area contributed by atoms with E-state index in [4.69, 9.17) is 9.40 Å². The van der Waals surface area contributed by atoms with E-state index >= 15 is 0 Å². The Hall–Kier alpha value is -2.67. The van der Waals surface area contributed by atoms with Crippen molar-refractivity contribution in [1.29, 1.82) is 0 Å². The number of hydrogen-bond donors (Lipinski definition) is 2. The van der Waals surface area contributed by atoms with Gasteiger partial charge < -0.3 is 14.7 Å². The van der Waals surface area contributed by atoms with Crippen LogP contribution in [-0.4, -0.2) is 39.9 Å². The summed E-state index contributed by atoms with van der Waals surface area (Å²) in [6.45, 7) is 2.13. The summed E-state index contributed by atoms with van der Waals surface area (Å²) in [4.78, 5) is 35.1. The predicted molar refractivity (Wildman–Crippen MR) is 115 cm³/mol. The molecule has 5 rings (SSSR count). The number of aromatic nitrogens is 2. The third kappa shape index (κ3) is 3.86. The van der Waals surface area contributed by atoms with Crippen LogP contribution in [0, 0.1) is 5.92 Å². The average molecular weight is 409 g/mol. The molecule has 7 nitrogen and oxygen atoms in total. The van der Waals surface area contributed by atoms with E-state index < -0.39 is 0 Å². The number of carbonyl (C=O) groups is 1. The number of piperidine rings is 1. The van der Waals surface area contributed by atoms with E-state index in [1.54, 1.807) is 0 Å². The van der Waals surface area contributed by atoms with E-state index in [0.717, 1.165) is 37.6 Å². The topological polar surface area (TPSA) is 91.2 Å². The molecule has 3 heterocycles. The Balaban J connectivity index is 1.30. The number of aromatic amines is 1. The summed E-state index contributed by atoms with van der Waals surface area (Å²) in [6, 6.07) is 7.91. The third-order valence-electron chi connectivity index (χ3n) is 6.48. The summed E-state index contributed by atoms with van der Waals surface area (Å²) in [6.07, 6.45) is 7.81. The van der Waals surface area contributed by atoms with E-state index in [1.165, 1.54) is 19.3 Å². The molecule has 2 fully saturated rings. The lowest BCUT2D eigenvalue weighted by molar-refractivity contribution is -0.127. The number of benzene rings is 1. The van der Waals surface area contributed by atoms with Crippen LogP contribution in [0.5, 0.6) is 0 Å². The summed E-state index contributed by atoms with van der Waals surface area (Å²) in [5.41, 5.74) is 1.28. The van der Waals surface area contributed by atoms with Gasteiger partial charge in [0.05, 0.1) is 12.5 Å². The van der Waals surface area contributed by atoms with Gasteiger partial charge in [0.1, 0.15) is 16.9 Å². The number of carbonyl (C=O) groups excluding carboxylic acids is 1. The number of fused-ring (bicyclic) bond motifs is 3. The highest BCUT2D eigenvalue weighted by Crippen LogP contribution is 2.25. The molecule has 1 amide bonds. The number of furan rings is 1. The van der Waals surface area contributed by atoms with E-state index in [2.05, 4.69) is 15.2 Å². The lowest BCUT2D eigenvalue weighted by Gasteiger charge is -2.33. The van der Waals surface area contributed by atoms with Crippen LogP contribution in [0.2, 0.25) is 0 Å². The highest BCUT2D eigenvalue weighted by atomic mass is 16.3. The van der Waals surface area contributed by atoms with Crippen LogP contribution < -0.4 is 10.9 Å². The van der Waals surface area contributed by atoms with Crippen LogP contribution in [0.3, 0.4) is 0 Å². The largest absolute Gasteiger partial charge is 0.449 e. The van der Waals surface area contributed by atoms with Crippen LogP contribution in [0.15, 0.2) is 33.5 Å². The Kier molecular flexibility index (Phi) is 5.29. The maximum atomic E-state index is 12.8. The normalized spacial score (nSPS) is 21.3. The minimum absolute atomic E-state index is 0.00545. The molecule has 2 aromatic heterocycles. The SMILES string of the molecule is O=C(NC1CCCCC1)C1CCCN(Cc2nc3c(oc4ccccc43)c(=O)[nH]2)C1. The Labute approximate surface area is 174 Å². The molecule has 0 bridgehead atoms. The first-order chi connectivity index (χ1) is 14.7. The van der Waals surface area contributed by atoms with Crippen LogP contribution >= 0.6 is 0 Å². The van der Waals surface area contributed by atoms with Crippen molar-refractivity contribution < 1.29 is 9.21 Å². The van der Waals surface area contributed by atoms with Gasteiger partial charge in [0.15, 0.2) is 0 Å². The van der Waals surface area contributed by atoms with Gasteiger partial charge in [-0.05, 0) is 44.4 Å². The predicted octanol–water partition coefficient (Wildman–Crippen LogP) is 3.33. The number of nitrogens with one attached hydrogen (secondary N) is 2. The van der Waals surface area contributed by atoms with Crippen LogP contribution in [-0.2, 0) is 11.3 Å². The Morgan fingerprint density at radius 3 is 2.87 bits per heavy atom.